The van der Waals surface area contributed by atoms with Crippen LogP contribution in [0.5, 0.6) is 0 Å². The van der Waals surface area contributed by atoms with E-state index in [0.717, 1.165) is 17.4 Å². The molecule has 0 aliphatic heterocycles. The molecule has 25 heavy (non-hydrogen) atoms. The van der Waals surface area contributed by atoms with Crippen LogP contribution in [0.3, 0.4) is 0 Å². The van der Waals surface area contributed by atoms with Crippen molar-refractivity contribution >= 4 is 21.6 Å². The normalized spacial score (nSPS) is 11.5. The number of nitrogens with zero attached hydrogens (tertiary/aromatic N) is 1. The molecule has 1 amide bonds. The van der Waals surface area contributed by atoms with Crippen molar-refractivity contribution in [2.45, 2.75) is 19.9 Å². The Morgan fingerprint density at radius 3 is 2.44 bits per heavy atom. The molecule has 0 aliphatic rings. The first-order chi connectivity index (χ1) is 11.7. The molecule has 0 saturated carbocycles. The molecule has 0 heterocycles. The second-order valence-corrected chi connectivity index (χ2v) is 7.87. The molecule has 0 atom stereocenters. The fourth-order valence-corrected chi connectivity index (χ4v) is 3.17. The van der Waals surface area contributed by atoms with E-state index in [-0.39, 0.29) is 31.2 Å². The minimum Gasteiger partial charge on any atom is -0.326 e. The number of anilines is 1. The molecule has 5 nitrogen and oxygen atoms in total. The monoisotopic (exact) mass is 364 g/mol. The van der Waals surface area contributed by atoms with Crippen LogP contribution in [0, 0.1) is 12.7 Å². The quantitative estimate of drug-likeness (QED) is 0.821. The number of amides is 1. The van der Waals surface area contributed by atoms with Crippen LogP contribution in [0.4, 0.5) is 10.1 Å². The highest BCUT2D eigenvalue weighted by atomic mass is 32.2. The number of rotatable bonds is 7. The van der Waals surface area contributed by atoms with Crippen LogP contribution in [0.25, 0.3) is 0 Å². The number of hydrogen-bond donors (Lipinski definition) is 1. The summed E-state index contributed by atoms with van der Waals surface area (Å²) in [5, 5.41) is 2.62. The van der Waals surface area contributed by atoms with Gasteiger partial charge >= 0.3 is 0 Å². The molecule has 0 bridgehead atoms. The van der Waals surface area contributed by atoms with Gasteiger partial charge in [0.1, 0.15) is 5.82 Å². The Bertz CT molecular complexity index is 836. The van der Waals surface area contributed by atoms with Crippen molar-refractivity contribution in [3.05, 3.63) is 65.5 Å². The number of benzene rings is 2. The Morgan fingerprint density at radius 1 is 1.16 bits per heavy atom. The number of aryl methyl sites for hydroxylation is 1. The van der Waals surface area contributed by atoms with Gasteiger partial charge in [-0.05, 0) is 36.8 Å². The maximum absolute atomic E-state index is 12.9. The summed E-state index contributed by atoms with van der Waals surface area (Å²) >= 11 is 0. The molecule has 0 aromatic heterocycles. The van der Waals surface area contributed by atoms with Gasteiger partial charge in [0.15, 0.2) is 0 Å². The second kappa shape index (κ2) is 8.22. The van der Waals surface area contributed by atoms with E-state index in [2.05, 4.69) is 5.32 Å². The average Bonchev–Trinajstić information content (AvgIpc) is 2.52. The molecule has 2 rings (SSSR count). The second-order valence-electron chi connectivity index (χ2n) is 5.89. The Labute approximate surface area is 147 Å². The molecule has 2 aromatic rings. The molecule has 0 unspecified atom stereocenters. The summed E-state index contributed by atoms with van der Waals surface area (Å²) < 4.78 is 38.1. The summed E-state index contributed by atoms with van der Waals surface area (Å²) in [7, 11) is -3.45. The van der Waals surface area contributed by atoms with Crippen LogP contribution in [-0.4, -0.2) is 31.4 Å². The topological polar surface area (TPSA) is 66.5 Å². The molecule has 0 radical (unpaired) electrons. The van der Waals surface area contributed by atoms with Crippen molar-refractivity contribution in [3.8, 4) is 0 Å². The van der Waals surface area contributed by atoms with Crippen molar-refractivity contribution in [2.75, 3.05) is 18.1 Å². The van der Waals surface area contributed by atoms with E-state index in [4.69, 9.17) is 0 Å². The number of carbonyl (C=O) groups is 1. The van der Waals surface area contributed by atoms with Gasteiger partial charge in [0.05, 0.1) is 6.26 Å². The molecular formula is C18H21FN2O3S. The summed E-state index contributed by atoms with van der Waals surface area (Å²) in [6, 6.07) is 13.0. The van der Waals surface area contributed by atoms with Gasteiger partial charge in [-0.15, -0.1) is 0 Å². The Kier molecular flexibility index (Phi) is 6.27. The molecule has 134 valence electrons. The van der Waals surface area contributed by atoms with E-state index >= 15 is 0 Å². The zero-order valence-electron chi connectivity index (χ0n) is 14.2. The number of nitrogens with one attached hydrogen (secondary N) is 1. The first kappa shape index (κ1) is 19.1. The molecule has 0 fully saturated rings. The van der Waals surface area contributed by atoms with Gasteiger partial charge in [-0.2, -0.15) is 4.31 Å². The standard InChI is InChI=1S/C18H21FN2O3S/c1-14-4-3-5-15(12-14)13-21(25(2,23)24)11-10-18(22)20-17-8-6-16(19)7-9-17/h3-9,12H,10-11,13H2,1-2H3,(H,20,22). The smallest absolute Gasteiger partial charge is 0.225 e. The Morgan fingerprint density at radius 2 is 1.84 bits per heavy atom. The van der Waals surface area contributed by atoms with Crippen molar-refractivity contribution in [2.24, 2.45) is 0 Å². The zero-order valence-corrected chi connectivity index (χ0v) is 15.0. The van der Waals surface area contributed by atoms with Crippen molar-refractivity contribution in [1.29, 1.82) is 0 Å². The molecular weight excluding hydrogens is 343 g/mol. The molecule has 0 spiro atoms. The summed E-state index contributed by atoms with van der Waals surface area (Å²) in [6.07, 6.45) is 1.14. The van der Waals surface area contributed by atoms with Gasteiger partial charge in [0.25, 0.3) is 0 Å². The van der Waals surface area contributed by atoms with Gasteiger partial charge in [-0.25, -0.2) is 12.8 Å². The van der Waals surface area contributed by atoms with E-state index in [9.17, 15) is 17.6 Å². The Balaban J connectivity index is 1.98. The molecule has 2 aromatic carbocycles. The van der Waals surface area contributed by atoms with Gasteiger partial charge in [-0.1, -0.05) is 29.8 Å². The summed E-state index contributed by atoms with van der Waals surface area (Å²) in [4.78, 5) is 12.0. The minimum absolute atomic E-state index is 0.0102. The molecule has 1 N–H and O–H groups in total. The number of carbonyl (C=O) groups excluding carboxylic acids is 1. The molecule has 0 saturated heterocycles. The fourth-order valence-electron chi connectivity index (χ4n) is 2.36. The summed E-state index contributed by atoms with van der Waals surface area (Å²) in [5.74, 6) is -0.719. The SMILES string of the molecule is Cc1cccc(CN(CCC(=O)Nc2ccc(F)cc2)S(C)(=O)=O)c1. The third-order valence-electron chi connectivity index (χ3n) is 3.63. The summed E-state index contributed by atoms with van der Waals surface area (Å²) in [5.41, 5.74) is 2.38. The van der Waals surface area contributed by atoms with Crippen molar-refractivity contribution in [3.63, 3.8) is 0 Å². The highest BCUT2D eigenvalue weighted by Crippen LogP contribution is 2.12. The highest BCUT2D eigenvalue weighted by Gasteiger charge is 2.18. The number of hydrogen-bond acceptors (Lipinski definition) is 3. The van der Waals surface area contributed by atoms with Crippen LogP contribution in [0.15, 0.2) is 48.5 Å². The van der Waals surface area contributed by atoms with Crippen LogP contribution in [0.1, 0.15) is 17.5 Å². The lowest BCUT2D eigenvalue weighted by molar-refractivity contribution is -0.116. The predicted octanol–water partition coefficient (Wildman–Crippen LogP) is 2.92. The van der Waals surface area contributed by atoms with Gasteiger partial charge in [-0.3, -0.25) is 4.79 Å². The minimum atomic E-state index is -3.45. The molecule has 7 heteroatoms. The Hall–Kier alpha value is -2.25. The van der Waals surface area contributed by atoms with Crippen LogP contribution < -0.4 is 5.32 Å². The average molecular weight is 364 g/mol. The fraction of sp³-hybridized carbons (Fsp3) is 0.278. The first-order valence-corrected chi connectivity index (χ1v) is 9.65. The number of halogens is 1. The van der Waals surface area contributed by atoms with Crippen LogP contribution in [-0.2, 0) is 21.4 Å². The van der Waals surface area contributed by atoms with Crippen LogP contribution in [0.2, 0.25) is 0 Å². The van der Waals surface area contributed by atoms with E-state index in [1.54, 1.807) is 0 Å². The van der Waals surface area contributed by atoms with Crippen molar-refractivity contribution in [1.82, 2.24) is 4.31 Å². The lowest BCUT2D eigenvalue weighted by Gasteiger charge is -2.20. The van der Waals surface area contributed by atoms with Crippen LogP contribution >= 0.6 is 0 Å². The third-order valence-corrected chi connectivity index (χ3v) is 4.88. The predicted molar refractivity (Wildman–Crippen MR) is 96.1 cm³/mol. The maximum atomic E-state index is 12.9. The lowest BCUT2D eigenvalue weighted by atomic mass is 10.1. The van der Waals surface area contributed by atoms with E-state index in [0.29, 0.717) is 5.69 Å². The highest BCUT2D eigenvalue weighted by molar-refractivity contribution is 7.88. The largest absolute Gasteiger partial charge is 0.326 e. The first-order valence-electron chi connectivity index (χ1n) is 7.80. The third kappa shape index (κ3) is 6.28. The lowest BCUT2D eigenvalue weighted by Crippen LogP contribution is -2.32. The zero-order chi connectivity index (χ0) is 18.4. The van der Waals surface area contributed by atoms with Crippen molar-refractivity contribution < 1.29 is 17.6 Å². The van der Waals surface area contributed by atoms with E-state index in [1.807, 2.05) is 31.2 Å². The van der Waals surface area contributed by atoms with E-state index in [1.165, 1.54) is 28.6 Å². The maximum Gasteiger partial charge on any atom is 0.225 e. The summed E-state index contributed by atoms with van der Waals surface area (Å²) in [6.45, 7) is 2.22. The van der Waals surface area contributed by atoms with E-state index < -0.39 is 10.0 Å². The number of sulfonamides is 1. The molecule has 0 aliphatic carbocycles. The van der Waals surface area contributed by atoms with Gasteiger partial charge < -0.3 is 5.32 Å². The van der Waals surface area contributed by atoms with Gasteiger partial charge in [0.2, 0.25) is 15.9 Å². The van der Waals surface area contributed by atoms with Gasteiger partial charge in [0, 0.05) is 25.2 Å².